The second kappa shape index (κ2) is 3.38. The number of hydrogen-bond donors (Lipinski definition) is 0. The topological polar surface area (TPSA) is 33.0 Å². The number of ether oxygens (including phenoxy) is 1. The minimum absolute atomic E-state index is 0.786. The average molecular weight is 137 g/mol. The summed E-state index contributed by atoms with van der Waals surface area (Å²) in [5, 5.41) is 8.54. The van der Waals surface area contributed by atoms with E-state index in [2.05, 4.69) is 6.07 Å². The highest BCUT2D eigenvalue weighted by atomic mass is 16.5. The van der Waals surface area contributed by atoms with E-state index < -0.39 is 0 Å². The molecule has 1 aliphatic rings. The molecule has 1 rings (SSSR count). The predicted octanol–water partition coefficient (Wildman–Crippen LogP) is 1.64. The van der Waals surface area contributed by atoms with E-state index in [-0.39, 0.29) is 0 Å². The molecule has 2 heteroatoms. The molecule has 1 saturated heterocycles. The van der Waals surface area contributed by atoms with E-state index in [1.54, 1.807) is 0 Å². The van der Waals surface area contributed by atoms with Gasteiger partial charge >= 0.3 is 0 Å². The van der Waals surface area contributed by atoms with Crippen LogP contribution in [-0.4, -0.2) is 13.2 Å². The molecule has 0 spiro atoms. The number of allylic oxidation sites excluding steroid dienone is 1. The molecule has 0 radical (unpaired) electrons. The summed E-state index contributed by atoms with van der Waals surface area (Å²) < 4.78 is 5.15. The Hall–Kier alpha value is -0.810. The molecule has 0 aliphatic carbocycles. The summed E-state index contributed by atoms with van der Waals surface area (Å²) in [5.41, 5.74) is 2.15. The first-order valence-electron chi connectivity index (χ1n) is 3.51. The zero-order chi connectivity index (χ0) is 7.40. The van der Waals surface area contributed by atoms with Gasteiger partial charge < -0.3 is 4.74 Å². The van der Waals surface area contributed by atoms with Gasteiger partial charge in [0.05, 0.1) is 19.3 Å². The maximum absolute atomic E-state index is 8.54. The molecule has 0 bridgehead atoms. The first-order chi connectivity index (χ1) is 4.84. The van der Waals surface area contributed by atoms with Crippen LogP contribution in [0.15, 0.2) is 11.1 Å². The van der Waals surface area contributed by atoms with Crippen LogP contribution in [0.2, 0.25) is 0 Å². The van der Waals surface area contributed by atoms with Gasteiger partial charge in [-0.25, -0.2) is 0 Å². The molecule has 1 fully saturated rings. The Labute approximate surface area is 61.1 Å². The van der Waals surface area contributed by atoms with Crippen molar-refractivity contribution in [3.63, 3.8) is 0 Å². The van der Waals surface area contributed by atoms with E-state index in [1.807, 2.05) is 6.92 Å². The van der Waals surface area contributed by atoms with Crippen LogP contribution in [0.25, 0.3) is 0 Å². The van der Waals surface area contributed by atoms with Crippen LogP contribution < -0.4 is 0 Å². The number of hydrogen-bond acceptors (Lipinski definition) is 2. The fourth-order valence-electron chi connectivity index (χ4n) is 1.07. The van der Waals surface area contributed by atoms with Crippen molar-refractivity contribution in [2.75, 3.05) is 13.2 Å². The Kier molecular flexibility index (Phi) is 2.47. The molecule has 0 aromatic rings. The molecule has 0 amide bonds. The van der Waals surface area contributed by atoms with Crippen molar-refractivity contribution >= 4 is 0 Å². The van der Waals surface area contributed by atoms with Gasteiger partial charge in [0.2, 0.25) is 0 Å². The first kappa shape index (κ1) is 7.30. The molecule has 1 aliphatic heterocycles. The van der Waals surface area contributed by atoms with Crippen molar-refractivity contribution in [2.24, 2.45) is 0 Å². The summed E-state index contributed by atoms with van der Waals surface area (Å²) in [7, 11) is 0. The van der Waals surface area contributed by atoms with Gasteiger partial charge in [-0.1, -0.05) is 5.57 Å². The molecule has 1 heterocycles. The summed E-state index contributed by atoms with van der Waals surface area (Å²) in [4.78, 5) is 0. The first-order valence-corrected chi connectivity index (χ1v) is 3.51. The Bertz CT molecular complexity index is 180. The fourth-order valence-corrected chi connectivity index (χ4v) is 1.07. The van der Waals surface area contributed by atoms with E-state index in [9.17, 15) is 0 Å². The van der Waals surface area contributed by atoms with Crippen molar-refractivity contribution < 1.29 is 4.74 Å². The maximum Gasteiger partial charge on any atom is 0.0943 e. The normalized spacial score (nSPS) is 18.2. The third kappa shape index (κ3) is 1.58. The second-order valence-electron chi connectivity index (χ2n) is 2.45. The van der Waals surface area contributed by atoms with Gasteiger partial charge in [0.25, 0.3) is 0 Å². The maximum atomic E-state index is 8.54. The molecular formula is C8H11NO. The van der Waals surface area contributed by atoms with Crippen molar-refractivity contribution in [1.82, 2.24) is 0 Å². The van der Waals surface area contributed by atoms with Crippen LogP contribution >= 0.6 is 0 Å². The molecule has 54 valence electrons. The van der Waals surface area contributed by atoms with Gasteiger partial charge in [0.15, 0.2) is 0 Å². The Morgan fingerprint density at radius 3 is 2.60 bits per heavy atom. The fraction of sp³-hybridized carbons (Fsp3) is 0.625. The number of nitrogens with zero attached hydrogens (tertiary/aromatic N) is 1. The van der Waals surface area contributed by atoms with Crippen LogP contribution in [0.3, 0.4) is 0 Å². The smallest absolute Gasteiger partial charge is 0.0943 e. The highest BCUT2D eigenvalue weighted by Gasteiger charge is 2.07. The highest BCUT2D eigenvalue weighted by molar-refractivity contribution is 5.26. The number of nitriles is 1. The Morgan fingerprint density at radius 1 is 1.50 bits per heavy atom. The lowest BCUT2D eigenvalue weighted by Crippen LogP contribution is -2.08. The molecular weight excluding hydrogens is 126 g/mol. The SMILES string of the molecule is CC(C#N)=C1CCOCC1. The van der Waals surface area contributed by atoms with Gasteiger partial charge in [-0.3, -0.25) is 0 Å². The summed E-state index contributed by atoms with van der Waals surface area (Å²) in [6.07, 6.45) is 1.89. The quantitative estimate of drug-likeness (QED) is 0.475. The molecule has 0 aromatic heterocycles. The van der Waals surface area contributed by atoms with Crippen molar-refractivity contribution in [1.29, 1.82) is 5.26 Å². The summed E-state index contributed by atoms with van der Waals surface area (Å²) in [6.45, 7) is 3.45. The van der Waals surface area contributed by atoms with Crippen LogP contribution in [0.5, 0.6) is 0 Å². The van der Waals surface area contributed by atoms with E-state index in [0.29, 0.717) is 0 Å². The molecule has 0 unspecified atom stereocenters. The van der Waals surface area contributed by atoms with Gasteiger partial charge in [-0.05, 0) is 19.8 Å². The monoisotopic (exact) mass is 137 g/mol. The van der Waals surface area contributed by atoms with Crippen molar-refractivity contribution in [3.05, 3.63) is 11.1 Å². The van der Waals surface area contributed by atoms with Gasteiger partial charge in [0, 0.05) is 5.57 Å². The van der Waals surface area contributed by atoms with Crippen LogP contribution in [-0.2, 0) is 4.74 Å². The summed E-state index contributed by atoms with van der Waals surface area (Å²) in [6, 6.07) is 2.16. The molecule has 2 nitrogen and oxygen atoms in total. The lowest BCUT2D eigenvalue weighted by atomic mass is 10.0. The lowest BCUT2D eigenvalue weighted by Gasteiger charge is -2.14. The zero-order valence-corrected chi connectivity index (χ0v) is 6.18. The zero-order valence-electron chi connectivity index (χ0n) is 6.18. The lowest BCUT2D eigenvalue weighted by molar-refractivity contribution is 0.118. The standard InChI is InChI=1S/C8H11NO/c1-7(6-9)8-2-4-10-5-3-8/h2-5H2,1H3. The third-order valence-electron chi connectivity index (χ3n) is 1.79. The van der Waals surface area contributed by atoms with E-state index in [4.69, 9.17) is 10.00 Å². The van der Waals surface area contributed by atoms with Crippen molar-refractivity contribution in [2.45, 2.75) is 19.8 Å². The molecule has 0 saturated carbocycles. The summed E-state index contributed by atoms with van der Waals surface area (Å²) >= 11 is 0. The Morgan fingerprint density at radius 2 is 2.10 bits per heavy atom. The third-order valence-corrected chi connectivity index (χ3v) is 1.79. The van der Waals surface area contributed by atoms with Gasteiger partial charge in [0.1, 0.15) is 0 Å². The summed E-state index contributed by atoms with van der Waals surface area (Å²) in [5.74, 6) is 0. The van der Waals surface area contributed by atoms with E-state index in [0.717, 1.165) is 31.6 Å². The predicted molar refractivity (Wildman–Crippen MR) is 38.4 cm³/mol. The van der Waals surface area contributed by atoms with E-state index >= 15 is 0 Å². The minimum Gasteiger partial charge on any atom is -0.381 e. The number of rotatable bonds is 0. The molecule has 0 atom stereocenters. The molecule has 0 N–H and O–H groups in total. The Balaban J connectivity index is 2.62. The van der Waals surface area contributed by atoms with Crippen LogP contribution in [0.4, 0.5) is 0 Å². The molecule has 10 heavy (non-hydrogen) atoms. The second-order valence-corrected chi connectivity index (χ2v) is 2.45. The van der Waals surface area contributed by atoms with Crippen LogP contribution in [0.1, 0.15) is 19.8 Å². The average Bonchev–Trinajstić information content (AvgIpc) is 2.05. The highest BCUT2D eigenvalue weighted by Crippen LogP contribution is 2.16. The largest absolute Gasteiger partial charge is 0.381 e. The van der Waals surface area contributed by atoms with Crippen molar-refractivity contribution in [3.8, 4) is 6.07 Å². The van der Waals surface area contributed by atoms with Gasteiger partial charge in [-0.15, -0.1) is 0 Å². The van der Waals surface area contributed by atoms with E-state index in [1.165, 1.54) is 5.57 Å². The van der Waals surface area contributed by atoms with Gasteiger partial charge in [-0.2, -0.15) is 5.26 Å². The van der Waals surface area contributed by atoms with Crippen LogP contribution in [0, 0.1) is 11.3 Å². The minimum atomic E-state index is 0.786. The molecule has 0 aromatic carbocycles.